The van der Waals surface area contributed by atoms with Gasteiger partial charge in [-0.3, -0.25) is 4.90 Å². The van der Waals surface area contributed by atoms with Gasteiger partial charge in [0.05, 0.1) is 0 Å². The summed E-state index contributed by atoms with van der Waals surface area (Å²) in [4.78, 5) is 4.61. The maximum Gasteiger partial charge on any atom is 0.133 e. The van der Waals surface area contributed by atoms with Crippen molar-refractivity contribution in [1.82, 2.24) is 15.1 Å². The van der Waals surface area contributed by atoms with Gasteiger partial charge in [0.25, 0.3) is 0 Å². The Balaban J connectivity index is 1.56. The van der Waals surface area contributed by atoms with Crippen LogP contribution in [0.3, 0.4) is 0 Å². The van der Waals surface area contributed by atoms with E-state index in [0.717, 1.165) is 26.2 Å². The average Bonchev–Trinajstić information content (AvgIpc) is 2.98. The number of hydrogen-bond donors (Lipinski definition) is 2. The van der Waals surface area contributed by atoms with E-state index in [1.807, 2.05) is 17.8 Å². The molecular formula is C14H17N3S3. The summed E-state index contributed by atoms with van der Waals surface area (Å²) in [5, 5.41) is 5.82. The highest BCUT2D eigenvalue weighted by molar-refractivity contribution is 8.10. The van der Waals surface area contributed by atoms with Gasteiger partial charge in [-0.1, -0.05) is 54.3 Å². The standard InChI is InChI=1S/C14H17N3S3/c18-14(19)17-8-6-16(7-9-17)13-15-12(10-20-13)11-4-2-1-3-5-11/h1-5,10,13,15H,6-9H2,(H,18,19). The molecule has 0 aliphatic carbocycles. The van der Waals surface area contributed by atoms with Gasteiger partial charge < -0.3 is 10.2 Å². The Morgan fingerprint density at radius 2 is 1.90 bits per heavy atom. The van der Waals surface area contributed by atoms with E-state index in [4.69, 9.17) is 12.2 Å². The van der Waals surface area contributed by atoms with Crippen molar-refractivity contribution < 1.29 is 0 Å². The Hall–Kier alpha value is -0.690. The fourth-order valence-electron chi connectivity index (χ4n) is 2.43. The predicted octanol–water partition coefficient (Wildman–Crippen LogP) is 2.44. The van der Waals surface area contributed by atoms with Crippen LogP contribution in [0.25, 0.3) is 5.70 Å². The fourth-order valence-corrected chi connectivity index (χ4v) is 3.86. The van der Waals surface area contributed by atoms with Gasteiger partial charge in [-0.2, -0.15) is 0 Å². The molecule has 1 aromatic rings. The summed E-state index contributed by atoms with van der Waals surface area (Å²) in [6.07, 6.45) is 0. The minimum Gasteiger partial charge on any atom is -0.360 e. The third kappa shape index (κ3) is 3.14. The van der Waals surface area contributed by atoms with E-state index in [0.29, 0.717) is 9.82 Å². The van der Waals surface area contributed by atoms with Gasteiger partial charge in [0.15, 0.2) is 0 Å². The van der Waals surface area contributed by atoms with Gasteiger partial charge in [-0.05, 0) is 11.0 Å². The molecule has 1 fully saturated rings. The van der Waals surface area contributed by atoms with Gasteiger partial charge in [-0.25, -0.2) is 0 Å². The van der Waals surface area contributed by atoms with Crippen LogP contribution in [-0.2, 0) is 0 Å². The van der Waals surface area contributed by atoms with E-state index in [1.54, 1.807) is 0 Å². The third-order valence-electron chi connectivity index (χ3n) is 3.59. The van der Waals surface area contributed by atoms with E-state index >= 15 is 0 Å². The van der Waals surface area contributed by atoms with Crippen LogP contribution in [-0.4, -0.2) is 45.8 Å². The molecule has 2 heterocycles. The molecule has 106 valence electrons. The van der Waals surface area contributed by atoms with Crippen molar-refractivity contribution in [2.45, 2.75) is 5.50 Å². The molecule has 1 unspecified atom stereocenters. The lowest BCUT2D eigenvalue weighted by molar-refractivity contribution is 0.167. The fraction of sp³-hybridized carbons (Fsp3) is 0.357. The van der Waals surface area contributed by atoms with Crippen LogP contribution in [0, 0.1) is 0 Å². The molecule has 3 nitrogen and oxygen atoms in total. The number of benzene rings is 1. The van der Waals surface area contributed by atoms with Gasteiger partial charge in [0.1, 0.15) is 9.82 Å². The number of rotatable bonds is 2. The molecule has 1 saturated heterocycles. The van der Waals surface area contributed by atoms with Crippen molar-refractivity contribution >= 4 is 46.6 Å². The van der Waals surface area contributed by atoms with Crippen molar-refractivity contribution in [3.05, 3.63) is 41.3 Å². The zero-order valence-corrected chi connectivity index (χ0v) is 13.6. The van der Waals surface area contributed by atoms with Crippen LogP contribution >= 0.6 is 36.6 Å². The summed E-state index contributed by atoms with van der Waals surface area (Å²) in [5.74, 6) is 0. The summed E-state index contributed by atoms with van der Waals surface area (Å²) < 4.78 is 0.708. The number of thioether (sulfide) groups is 1. The number of thiocarbonyl (C=S) groups is 1. The number of hydrogen-bond acceptors (Lipinski definition) is 4. The SMILES string of the molecule is S=C(S)N1CCN(C2NC(c3ccccc3)=CS2)CC1. The molecule has 1 atom stereocenters. The quantitative estimate of drug-likeness (QED) is 0.641. The second-order valence-corrected chi connectivity index (χ2v) is 6.90. The summed E-state index contributed by atoms with van der Waals surface area (Å²) in [6.45, 7) is 3.95. The minimum absolute atomic E-state index is 0.334. The number of nitrogens with zero attached hydrogens (tertiary/aromatic N) is 2. The van der Waals surface area contributed by atoms with Crippen molar-refractivity contribution in [3.63, 3.8) is 0 Å². The maximum atomic E-state index is 5.11. The second kappa shape index (κ2) is 6.39. The molecule has 6 heteroatoms. The third-order valence-corrected chi connectivity index (χ3v) is 5.18. The largest absolute Gasteiger partial charge is 0.360 e. The van der Waals surface area contributed by atoms with Crippen molar-refractivity contribution in [1.29, 1.82) is 0 Å². The molecule has 0 radical (unpaired) electrons. The number of piperazine rings is 1. The molecule has 0 amide bonds. The Morgan fingerprint density at radius 3 is 2.55 bits per heavy atom. The van der Waals surface area contributed by atoms with Crippen LogP contribution < -0.4 is 5.32 Å². The van der Waals surface area contributed by atoms with Gasteiger partial charge >= 0.3 is 0 Å². The van der Waals surface area contributed by atoms with Crippen molar-refractivity contribution in [2.24, 2.45) is 0 Å². The number of thiol groups is 1. The summed E-state index contributed by atoms with van der Waals surface area (Å²) in [7, 11) is 0. The molecule has 2 aliphatic heterocycles. The average molecular weight is 324 g/mol. The monoisotopic (exact) mass is 323 g/mol. The van der Waals surface area contributed by atoms with Crippen LogP contribution in [0.1, 0.15) is 5.56 Å². The summed E-state index contributed by atoms with van der Waals surface area (Å²) in [5.41, 5.74) is 2.80. The molecule has 3 rings (SSSR count). The van der Waals surface area contributed by atoms with E-state index in [9.17, 15) is 0 Å². The van der Waals surface area contributed by atoms with Crippen LogP contribution in [0.4, 0.5) is 0 Å². The van der Waals surface area contributed by atoms with Crippen molar-refractivity contribution in [3.8, 4) is 0 Å². The molecule has 0 bridgehead atoms. The lowest BCUT2D eigenvalue weighted by atomic mass is 10.2. The first kappa shape index (κ1) is 14.3. The molecule has 1 aromatic carbocycles. The summed E-state index contributed by atoms with van der Waals surface area (Å²) >= 11 is 11.2. The molecular weight excluding hydrogens is 306 g/mol. The van der Waals surface area contributed by atoms with Crippen molar-refractivity contribution in [2.75, 3.05) is 26.2 Å². The van der Waals surface area contributed by atoms with Gasteiger partial charge in [0, 0.05) is 31.9 Å². The summed E-state index contributed by atoms with van der Waals surface area (Å²) in [6, 6.07) is 10.5. The zero-order valence-electron chi connectivity index (χ0n) is 11.0. The zero-order chi connectivity index (χ0) is 13.9. The molecule has 0 spiro atoms. The molecule has 0 aromatic heterocycles. The Kier molecular flexibility index (Phi) is 4.55. The smallest absolute Gasteiger partial charge is 0.133 e. The predicted molar refractivity (Wildman–Crippen MR) is 93.7 cm³/mol. The first-order chi connectivity index (χ1) is 9.74. The topological polar surface area (TPSA) is 18.5 Å². The Labute approximate surface area is 134 Å². The lowest BCUT2D eigenvalue weighted by Crippen LogP contribution is -2.52. The molecule has 0 saturated carbocycles. The second-order valence-electron chi connectivity index (χ2n) is 4.84. The Morgan fingerprint density at radius 1 is 1.20 bits per heavy atom. The highest BCUT2D eigenvalue weighted by atomic mass is 32.2. The normalized spacial score (nSPS) is 23.4. The van der Waals surface area contributed by atoms with Crippen LogP contribution in [0.2, 0.25) is 0 Å². The lowest BCUT2D eigenvalue weighted by Gasteiger charge is -2.38. The minimum atomic E-state index is 0.334. The molecule has 1 N–H and O–H groups in total. The Bertz CT molecular complexity index is 510. The highest BCUT2D eigenvalue weighted by Gasteiger charge is 2.27. The highest BCUT2D eigenvalue weighted by Crippen LogP contribution is 2.29. The molecule has 20 heavy (non-hydrogen) atoms. The van der Waals surface area contributed by atoms with E-state index in [-0.39, 0.29) is 0 Å². The maximum absolute atomic E-state index is 5.11. The van der Waals surface area contributed by atoms with Crippen LogP contribution in [0.5, 0.6) is 0 Å². The molecule has 2 aliphatic rings. The first-order valence-electron chi connectivity index (χ1n) is 6.63. The van der Waals surface area contributed by atoms with E-state index < -0.39 is 0 Å². The van der Waals surface area contributed by atoms with Gasteiger partial charge in [-0.15, -0.1) is 12.6 Å². The first-order valence-corrected chi connectivity index (χ1v) is 8.43. The van der Waals surface area contributed by atoms with E-state index in [2.05, 4.69) is 57.4 Å². The van der Waals surface area contributed by atoms with Gasteiger partial charge in [0.2, 0.25) is 0 Å². The van der Waals surface area contributed by atoms with Crippen LogP contribution in [0.15, 0.2) is 35.7 Å². The number of nitrogens with one attached hydrogen (secondary N) is 1. The van der Waals surface area contributed by atoms with E-state index in [1.165, 1.54) is 11.3 Å².